The number of amides is 2. The van der Waals surface area contributed by atoms with Crippen LogP contribution in [0.25, 0.3) is 10.9 Å². The maximum absolute atomic E-state index is 12.6. The molecule has 0 bridgehead atoms. The monoisotopic (exact) mass is 301 g/mol. The van der Waals surface area contributed by atoms with Gasteiger partial charge in [0.25, 0.3) is 5.91 Å². The topological polar surface area (TPSA) is 93.7 Å². The number of hydrogen-bond donors (Lipinski definition) is 2. The molecule has 7 heteroatoms. The number of nitrogens with one attached hydrogen (secondary N) is 1. The third-order valence-corrected chi connectivity index (χ3v) is 3.94. The zero-order valence-corrected chi connectivity index (χ0v) is 11.8. The van der Waals surface area contributed by atoms with Crippen molar-refractivity contribution < 1.29 is 19.5 Å². The minimum absolute atomic E-state index is 0.157. The maximum Gasteiger partial charge on any atom is 0.407 e. The molecule has 0 radical (unpaired) electrons. The Morgan fingerprint density at radius 2 is 1.82 bits per heavy atom. The fourth-order valence-corrected chi connectivity index (χ4v) is 2.72. The van der Waals surface area contributed by atoms with Gasteiger partial charge >= 0.3 is 6.09 Å². The van der Waals surface area contributed by atoms with Crippen LogP contribution in [0.2, 0.25) is 0 Å². The molecule has 2 amide bonds. The highest BCUT2D eigenvalue weighted by atomic mass is 16.4. The first-order valence-corrected chi connectivity index (χ1v) is 6.94. The summed E-state index contributed by atoms with van der Waals surface area (Å²) in [6, 6.07) is 5.23. The Balaban J connectivity index is 1.86. The minimum atomic E-state index is -0.964. The lowest BCUT2D eigenvalue weighted by Gasteiger charge is -2.33. The van der Waals surface area contributed by atoms with Crippen molar-refractivity contribution >= 4 is 29.2 Å². The Labute approximate surface area is 126 Å². The highest BCUT2D eigenvalue weighted by molar-refractivity contribution is 6.09. The van der Waals surface area contributed by atoms with Gasteiger partial charge in [-0.05, 0) is 6.07 Å². The highest BCUT2D eigenvalue weighted by Gasteiger charge is 2.25. The molecule has 1 saturated heterocycles. The van der Waals surface area contributed by atoms with Crippen molar-refractivity contribution in [2.45, 2.75) is 0 Å². The fourth-order valence-electron chi connectivity index (χ4n) is 2.72. The Morgan fingerprint density at radius 1 is 1.14 bits per heavy atom. The molecule has 0 atom stereocenters. The molecule has 0 aliphatic carbocycles. The number of rotatable bonds is 2. The summed E-state index contributed by atoms with van der Waals surface area (Å²) in [7, 11) is 0. The van der Waals surface area contributed by atoms with Crippen LogP contribution in [0.15, 0.2) is 24.4 Å². The molecule has 2 heterocycles. The van der Waals surface area contributed by atoms with Gasteiger partial charge in [-0.15, -0.1) is 0 Å². The van der Waals surface area contributed by atoms with Gasteiger partial charge in [-0.25, -0.2) is 4.79 Å². The van der Waals surface area contributed by atoms with Crippen molar-refractivity contribution in [2.75, 3.05) is 26.2 Å². The van der Waals surface area contributed by atoms with E-state index in [9.17, 15) is 14.4 Å². The van der Waals surface area contributed by atoms with Gasteiger partial charge in [0.1, 0.15) is 0 Å². The molecule has 7 nitrogen and oxygen atoms in total. The summed E-state index contributed by atoms with van der Waals surface area (Å²) < 4.78 is 0. The van der Waals surface area contributed by atoms with Gasteiger partial charge in [0.15, 0.2) is 6.29 Å². The number of fused-ring (bicyclic) bond motifs is 1. The zero-order chi connectivity index (χ0) is 15.7. The Bertz CT molecular complexity index is 744. The van der Waals surface area contributed by atoms with E-state index in [1.807, 2.05) is 0 Å². The first-order valence-electron chi connectivity index (χ1n) is 6.94. The van der Waals surface area contributed by atoms with Crippen LogP contribution in [0.1, 0.15) is 20.7 Å². The van der Waals surface area contributed by atoms with Crippen LogP contribution in [0.3, 0.4) is 0 Å². The molecule has 114 valence electrons. The van der Waals surface area contributed by atoms with Crippen molar-refractivity contribution in [3.8, 4) is 0 Å². The number of carbonyl (C=O) groups is 3. The van der Waals surface area contributed by atoms with Crippen LogP contribution < -0.4 is 0 Å². The normalized spacial score (nSPS) is 15.1. The molecule has 1 aliphatic rings. The Hall–Kier alpha value is -2.83. The smallest absolute Gasteiger partial charge is 0.407 e. The van der Waals surface area contributed by atoms with Crippen LogP contribution in [0.5, 0.6) is 0 Å². The molecule has 1 aromatic heterocycles. The molecule has 0 spiro atoms. The maximum atomic E-state index is 12.6. The van der Waals surface area contributed by atoms with Crippen LogP contribution in [-0.2, 0) is 0 Å². The van der Waals surface area contributed by atoms with E-state index < -0.39 is 6.09 Å². The van der Waals surface area contributed by atoms with Crippen LogP contribution >= 0.6 is 0 Å². The number of nitrogens with zero attached hydrogens (tertiary/aromatic N) is 2. The molecule has 0 unspecified atom stereocenters. The van der Waals surface area contributed by atoms with Gasteiger partial charge in [-0.2, -0.15) is 0 Å². The second-order valence-electron chi connectivity index (χ2n) is 5.15. The molecular formula is C15H15N3O4. The number of H-pyrrole nitrogens is 1. The van der Waals surface area contributed by atoms with Crippen molar-refractivity contribution in [1.29, 1.82) is 0 Å². The molecule has 1 fully saturated rings. The van der Waals surface area contributed by atoms with Crippen molar-refractivity contribution in [3.63, 3.8) is 0 Å². The lowest BCUT2D eigenvalue weighted by molar-refractivity contribution is 0.0626. The number of carbonyl (C=O) groups excluding carboxylic acids is 2. The molecule has 22 heavy (non-hydrogen) atoms. The third kappa shape index (κ3) is 2.30. The van der Waals surface area contributed by atoms with E-state index in [1.54, 1.807) is 29.3 Å². The van der Waals surface area contributed by atoms with Crippen molar-refractivity contribution in [1.82, 2.24) is 14.8 Å². The van der Waals surface area contributed by atoms with Gasteiger partial charge in [-0.3, -0.25) is 9.59 Å². The fraction of sp³-hybridized carbons (Fsp3) is 0.267. The first kappa shape index (κ1) is 14.1. The van der Waals surface area contributed by atoms with E-state index in [0.29, 0.717) is 48.2 Å². The van der Waals surface area contributed by atoms with Gasteiger partial charge in [0.2, 0.25) is 0 Å². The number of carboxylic acid groups (broad SMARTS) is 1. The number of piperazine rings is 1. The van der Waals surface area contributed by atoms with Gasteiger partial charge in [0, 0.05) is 43.3 Å². The largest absolute Gasteiger partial charge is 0.465 e. The number of aldehydes is 1. The van der Waals surface area contributed by atoms with Gasteiger partial charge < -0.3 is 19.9 Å². The Kier molecular flexibility index (Phi) is 3.54. The number of aromatic nitrogens is 1. The second kappa shape index (κ2) is 5.51. The Morgan fingerprint density at radius 3 is 2.45 bits per heavy atom. The molecule has 1 aromatic carbocycles. The molecule has 2 aromatic rings. The molecule has 2 N–H and O–H groups in total. The van der Waals surface area contributed by atoms with Gasteiger partial charge in [0.05, 0.1) is 11.1 Å². The first-order chi connectivity index (χ1) is 10.6. The van der Waals surface area contributed by atoms with E-state index >= 15 is 0 Å². The molecule has 1 aliphatic heterocycles. The number of benzene rings is 1. The minimum Gasteiger partial charge on any atom is -0.465 e. The molecule has 0 saturated carbocycles. The summed E-state index contributed by atoms with van der Waals surface area (Å²) in [5, 5.41) is 9.65. The lowest BCUT2D eigenvalue weighted by atomic mass is 10.1. The summed E-state index contributed by atoms with van der Waals surface area (Å²) in [5.41, 5.74) is 1.64. The average Bonchev–Trinajstić information content (AvgIpc) is 2.97. The van der Waals surface area contributed by atoms with Crippen LogP contribution in [0, 0.1) is 0 Å². The lowest BCUT2D eigenvalue weighted by Crippen LogP contribution is -2.50. The predicted molar refractivity (Wildman–Crippen MR) is 79.2 cm³/mol. The van der Waals surface area contributed by atoms with Crippen molar-refractivity contribution in [2.24, 2.45) is 0 Å². The average molecular weight is 301 g/mol. The van der Waals surface area contributed by atoms with E-state index in [2.05, 4.69) is 4.98 Å². The predicted octanol–water partition coefficient (Wildman–Crippen LogP) is 1.42. The SMILES string of the molecule is O=Cc1c[nH]c2c(C(=O)N3CCN(C(=O)O)CC3)cccc12. The van der Waals surface area contributed by atoms with Gasteiger partial charge in [-0.1, -0.05) is 12.1 Å². The summed E-state index contributed by atoms with van der Waals surface area (Å²) in [6.07, 6.45) is 1.37. The standard InChI is InChI=1S/C15H15N3O4/c19-9-10-8-16-13-11(10)2-1-3-12(13)14(20)17-4-6-18(7-5-17)15(21)22/h1-3,8-9,16H,4-7H2,(H,21,22). The second-order valence-corrected chi connectivity index (χ2v) is 5.15. The van der Waals surface area contributed by atoms with Crippen LogP contribution in [-0.4, -0.2) is 64.4 Å². The number of para-hydroxylation sites is 1. The van der Waals surface area contributed by atoms with E-state index in [-0.39, 0.29) is 5.91 Å². The highest BCUT2D eigenvalue weighted by Crippen LogP contribution is 2.22. The summed E-state index contributed by atoms with van der Waals surface area (Å²) in [6.45, 7) is 1.34. The number of aromatic amines is 1. The summed E-state index contributed by atoms with van der Waals surface area (Å²) >= 11 is 0. The molecular weight excluding hydrogens is 286 g/mol. The van der Waals surface area contributed by atoms with Crippen LogP contribution in [0.4, 0.5) is 4.79 Å². The zero-order valence-electron chi connectivity index (χ0n) is 11.8. The molecule has 3 rings (SSSR count). The van der Waals surface area contributed by atoms with Crippen molar-refractivity contribution in [3.05, 3.63) is 35.5 Å². The van der Waals surface area contributed by atoms with E-state index in [4.69, 9.17) is 5.11 Å². The summed E-state index contributed by atoms with van der Waals surface area (Å²) in [4.78, 5) is 40.4. The number of hydrogen-bond acceptors (Lipinski definition) is 3. The third-order valence-electron chi connectivity index (χ3n) is 3.94. The quantitative estimate of drug-likeness (QED) is 0.820. The van der Waals surface area contributed by atoms with E-state index in [0.717, 1.165) is 6.29 Å². The van der Waals surface area contributed by atoms with E-state index in [1.165, 1.54) is 4.90 Å². The summed E-state index contributed by atoms with van der Waals surface area (Å²) in [5.74, 6) is -0.157.